The van der Waals surface area contributed by atoms with Crippen molar-refractivity contribution in [1.82, 2.24) is 24.3 Å². The first kappa shape index (κ1) is 21.2. The number of hydrogen-bond donors (Lipinski definition) is 1. The van der Waals surface area contributed by atoms with Gasteiger partial charge in [0.05, 0.1) is 5.69 Å². The van der Waals surface area contributed by atoms with Crippen molar-refractivity contribution in [3.8, 4) is 5.95 Å². The highest BCUT2D eigenvalue weighted by Crippen LogP contribution is 2.26. The summed E-state index contributed by atoms with van der Waals surface area (Å²) in [7, 11) is 0. The molecule has 0 aromatic carbocycles. The molecule has 1 amide bonds. The van der Waals surface area contributed by atoms with E-state index >= 15 is 0 Å². The maximum Gasteiger partial charge on any atom is 0.421 e. The van der Waals surface area contributed by atoms with Crippen molar-refractivity contribution in [2.24, 2.45) is 0 Å². The summed E-state index contributed by atoms with van der Waals surface area (Å²) in [6.07, 6.45) is -0.667. The molecule has 1 N–H and O–H groups in total. The smallest absolute Gasteiger partial charge is 0.309 e. The zero-order chi connectivity index (χ0) is 22.1. The molecule has 0 radical (unpaired) electrons. The molecule has 3 aromatic rings. The summed E-state index contributed by atoms with van der Waals surface area (Å²) in [5.41, 5.74) is -2.34. The van der Waals surface area contributed by atoms with Gasteiger partial charge >= 0.3 is 6.18 Å². The summed E-state index contributed by atoms with van der Waals surface area (Å²) in [6, 6.07) is 4.99. The second-order valence-electron chi connectivity index (χ2n) is 7.53. The lowest BCUT2D eigenvalue weighted by Gasteiger charge is -2.13. The van der Waals surface area contributed by atoms with Crippen LogP contribution in [0.25, 0.3) is 5.95 Å². The number of carbonyl (C=O) groups excluding carboxylic acids is 1. The molecule has 0 bridgehead atoms. The highest BCUT2D eigenvalue weighted by Gasteiger charge is 2.34. The van der Waals surface area contributed by atoms with Crippen molar-refractivity contribution in [3.63, 3.8) is 0 Å². The number of alkyl halides is 3. The van der Waals surface area contributed by atoms with Crippen molar-refractivity contribution in [2.75, 3.05) is 5.32 Å². The Morgan fingerprint density at radius 3 is 2.40 bits per heavy atom. The number of pyridine rings is 1. The van der Waals surface area contributed by atoms with E-state index in [0.29, 0.717) is 16.3 Å². The van der Waals surface area contributed by atoms with Gasteiger partial charge in [0.15, 0.2) is 0 Å². The fourth-order valence-corrected chi connectivity index (χ4v) is 2.60. The molecule has 0 fully saturated rings. The number of halogens is 3. The molecule has 0 aliphatic heterocycles. The van der Waals surface area contributed by atoms with Crippen LogP contribution in [0.3, 0.4) is 0 Å². The topological polar surface area (TPSA) is 94.7 Å². The number of nitrogens with zero attached hydrogens (tertiary/aromatic N) is 5. The normalized spacial score (nSPS) is 12.1. The van der Waals surface area contributed by atoms with Gasteiger partial charge in [0.2, 0.25) is 5.91 Å². The molecular weight excluding hydrogens is 401 g/mol. The second kappa shape index (κ2) is 7.73. The first-order chi connectivity index (χ1) is 14.0. The van der Waals surface area contributed by atoms with Crippen LogP contribution in [0.5, 0.6) is 0 Å². The number of rotatable bonds is 4. The number of anilines is 1. The zero-order valence-electron chi connectivity index (χ0n) is 16.4. The van der Waals surface area contributed by atoms with E-state index in [1.165, 1.54) is 17.1 Å². The van der Waals surface area contributed by atoms with E-state index in [9.17, 15) is 22.8 Å². The van der Waals surface area contributed by atoms with E-state index in [2.05, 4.69) is 20.4 Å². The maximum absolute atomic E-state index is 12.9. The van der Waals surface area contributed by atoms with Crippen molar-refractivity contribution in [2.45, 2.75) is 38.9 Å². The number of aromatic nitrogens is 5. The van der Waals surface area contributed by atoms with E-state index in [-0.39, 0.29) is 17.2 Å². The van der Waals surface area contributed by atoms with Gasteiger partial charge in [-0.2, -0.15) is 23.0 Å². The molecule has 3 heterocycles. The molecule has 0 unspecified atom stereocenters. The maximum atomic E-state index is 12.9. The number of nitrogens with one attached hydrogen (secondary N) is 1. The molecule has 0 spiro atoms. The molecule has 0 saturated heterocycles. The van der Waals surface area contributed by atoms with Crippen LogP contribution >= 0.6 is 0 Å². The Morgan fingerprint density at radius 1 is 1.13 bits per heavy atom. The van der Waals surface area contributed by atoms with Crippen molar-refractivity contribution >= 4 is 11.7 Å². The van der Waals surface area contributed by atoms with Crippen LogP contribution in [0, 0.1) is 0 Å². The minimum atomic E-state index is -4.80. The van der Waals surface area contributed by atoms with Crippen LogP contribution in [0.2, 0.25) is 0 Å². The van der Waals surface area contributed by atoms with Gasteiger partial charge in [0, 0.05) is 30.1 Å². The van der Waals surface area contributed by atoms with Gasteiger partial charge in [-0.1, -0.05) is 20.8 Å². The standard InChI is InChI=1S/C19H19F3N6O2/c1-18(2,3)13-10-14(28(26-13)17-23-7-5-8-24-17)25-15(29)11-27-9-4-6-12(16(27)30)19(20,21)22/h4-10H,11H2,1-3H3,(H,25,29). The monoisotopic (exact) mass is 420 g/mol. The summed E-state index contributed by atoms with van der Waals surface area (Å²) in [5, 5.41) is 7.01. The summed E-state index contributed by atoms with van der Waals surface area (Å²) >= 11 is 0. The van der Waals surface area contributed by atoms with Gasteiger partial charge in [-0.25, -0.2) is 9.97 Å². The van der Waals surface area contributed by atoms with Crippen LogP contribution in [-0.4, -0.2) is 30.2 Å². The molecule has 8 nitrogen and oxygen atoms in total. The Hall–Kier alpha value is -3.50. The van der Waals surface area contributed by atoms with Crippen LogP contribution < -0.4 is 10.9 Å². The molecule has 0 aliphatic carbocycles. The Bertz CT molecular complexity index is 1110. The van der Waals surface area contributed by atoms with E-state index in [1.54, 1.807) is 12.1 Å². The molecule has 3 rings (SSSR count). The molecule has 0 aliphatic rings. The third-order valence-corrected chi connectivity index (χ3v) is 4.13. The molecule has 3 aromatic heterocycles. The van der Waals surface area contributed by atoms with Gasteiger partial charge in [-0.15, -0.1) is 0 Å². The van der Waals surface area contributed by atoms with Crippen molar-refractivity contribution in [1.29, 1.82) is 0 Å². The Kier molecular flexibility index (Phi) is 5.47. The predicted octanol–water partition coefficient (Wildman–Crippen LogP) is 2.78. The predicted molar refractivity (Wildman–Crippen MR) is 102 cm³/mol. The van der Waals surface area contributed by atoms with Crippen LogP contribution in [0.15, 0.2) is 47.7 Å². The van der Waals surface area contributed by atoms with E-state index < -0.39 is 29.8 Å². The lowest BCUT2D eigenvalue weighted by atomic mass is 9.92. The van der Waals surface area contributed by atoms with Crippen molar-refractivity contribution < 1.29 is 18.0 Å². The first-order valence-corrected chi connectivity index (χ1v) is 8.91. The summed E-state index contributed by atoms with van der Waals surface area (Å²) in [5.74, 6) is -0.260. The Labute approximate surface area is 169 Å². The average molecular weight is 420 g/mol. The van der Waals surface area contributed by atoms with Gasteiger partial charge in [0.25, 0.3) is 11.5 Å². The molecule has 0 atom stereocenters. The highest BCUT2D eigenvalue weighted by molar-refractivity contribution is 5.90. The molecule has 0 saturated carbocycles. The molecule has 30 heavy (non-hydrogen) atoms. The van der Waals surface area contributed by atoms with Gasteiger partial charge in [-0.05, 0) is 18.2 Å². The molecule has 11 heteroatoms. The minimum Gasteiger partial charge on any atom is -0.309 e. The zero-order valence-corrected chi connectivity index (χ0v) is 16.4. The largest absolute Gasteiger partial charge is 0.421 e. The average Bonchev–Trinajstić information content (AvgIpc) is 3.07. The van der Waals surface area contributed by atoms with Gasteiger partial charge in [0.1, 0.15) is 17.9 Å². The number of hydrogen-bond acceptors (Lipinski definition) is 5. The van der Waals surface area contributed by atoms with Crippen molar-refractivity contribution in [3.05, 3.63) is 64.5 Å². The first-order valence-electron chi connectivity index (χ1n) is 8.91. The third-order valence-electron chi connectivity index (χ3n) is 4.13. The summed E-state index contributed by atoms with van der Waals surface area (Å²) in [6.45, 7) is 5.19. The number of amides is 1. The van der Waals surface area contributed by atoms with Gasteiger partial charge in [-0.3, -0.25) is 9.59 Å². The SMILES string of the molecule is CC(C)(C)c1cc(NC(=O)Cn2cccc(C(F)(F)F)c2=O)n(-c2ncccn2)n1. The van der Waals surface area contributed by atoms with Crippen LogP contribution in [-0.2, 0) is 22.9 Å². The lowest BCUT2D eigenvalue weighted by molar-refractivity contribution is -0.139. The van der Waals surface area contributed by atoms with Crippen LogP contribution in [0.4, 0.5) is 19.0 Å². The van der Waals surface area contributed by atoms with E-state index in [1.807, 2.05) is 20.8 Å². The van der Waals surface area contributed by atoms with E-state index in [0.717, 1.165) is 12.3 Å². The second-order valence-corrected chi connectivity index (χ2v) is 7.53. The quantitative estimate of drug-likeness (QED) is 0.701. The summed E-state index contributed by atoms with van der Waals surface area (Å²) < 4.78 is 40.8. The Morgan fingerprint density at radius 2 is 1.80 bits per heavy atom. The minimum absolute atomic E-state index is 0.208. The van der Waals surface area contributed by atoms with Crippen LogP contribution in [0.1, 0.15) is 32.0 Å². The highest BCUT2D eigenvalue weighted by atomic mass is 19.4. The fraction of sp³-hybridized carbons (Fsp3) is 0.316. The number of carbonyl (C=O) groups is 1. The lowest BCUT2D eigenvalue weighted by Crippen LogP contribution is -2.32. The Balaban J connectivity index is 1.91. The molecule has 158 valence electrons. The third kappa shape index (κ3) is 4.56. The van der Waals surface area contributed by atoms with E-state index in [4.69, 9.17) is 0 Å². The fourth-order valence-electron chi connectivity index (χ4n) is 2.60. The molecular formula is C19H19F3N6O2. The summed E-state index contributed by atoms with van der Waals surface area (Å²) in [4.78, 5) is 32.8. The van der Waals surface area contributed by atoms with Gasteiger partial charge < -0.3 is 9.88 Å².